The van der Waals surface area contributed by atoms with E-state index in [4.69, 9.17) is 0 Å². The van der Waals surface area contributed by atoms with Gasteiger partial charge < -0.3 is 14.9 Å². The zero-order chi connectivity index (χ0) is 14.5. The Labute approximate surface area is 123 Å². The van der Waals surface area contributed by atoms with E-state index in [1.54, 1.807) is 0 Å². The minimum atomic E-state index is -0.330. The molecule has 0 radical (unpaired) electrons. The molecule has 1 aromatic rings. The summed E-state index contributed by atoms with van der Waals surface area (Å²) in [5.74, 6) is 0.803. The summed E-state index contributed by atoms with van der Waals surface area (Å²) in [6.45, 7) is 5.58. The van der Waals surface area contributed by atoms with Crippen molar-refractivity contribution in [1.82, 2.24) is 4.90 Å². The maximum absolute atomic E-state index is 9.83. The molecule has 3 nitrogen and oxygen atoms in total. The van der Waals surface area contributed by atoms with Crippen LogP contribution in [0.5, 0.6) is 0 Å². The third-order valence-corrected chi connectivity index (χ3v) is 4.48. The summed E-state index contributed by atoms with van der Waals surface area (Å²) in [6.07, 6.45) is 3.04. The predicted octanol–water partition coefficient (Wildman–Crippen LogP) is 2.91. The summed E-state index contributed by atoms with van der Waals surface area (Å²) in [6, 6.07) is 8.36. The normalized spacial score (nSPS) is 19.0. The Hall–Kier alpha value is -1.06. The molecule has 20 heavy (non-hydrogen) atoms. The Morgan fingerprint density at radius 3 is 2.40 bits per heavy atom. The molecule has 1 aliphatic rings. The van der Waals surface area contributed by atoms with Gasteiger partial charge >= 0.3 is 0 Å². The summed E-state index contributed by atoms with van der Waals surface area (Å²) < 4.78 is 0. The van der Waals surface area contributed by atoms with Crippen LogP contribution in [-0.2, 0) is 0 Å². The van der Waals surface area contributed by atoms with E-state index in [1.165, 1.54) is 31.6 Å². The average Bonchev–Trinajstić information content (AvgIpc) is 2.49. The van der Waals surface area contributed by atoms with Crippen molar-refractivity contribution in [3.63, 3.8) is 0 Å². The highest BCUT2D eigenvalue weighted by Gasteiger charge is 2.18. The van der Waals surface area contributed by atoms with Crippen LogP contribution >= 0.6 is 0 Å². The van der Waals surface area contributed by atoms with Gasteiger partial charge in [0.15, 0.2) is 0 Å². The second-order valence-corrected chi connectivity index (χ2v) is 6.14. The van der Waals surface area contributed by atoms with E-state index in [0.29, 0.717) is 0 Å². The molecule has 0 amide bonds. The highest BCUT2D eigenvalue weighted by Crippen LogP contribution is 2.23. The monoisotopic (exact) mass is 276 g/mol. The van der Waals surface area contributed by atoms with Crippen LogP contribution in [-0.4, -0.2) is 43.7 Å². The Morgan fingerprint density at radius 1 is 1.25 bits per heavy atom. The van der Waals surface area contributed by atoms with Gasteiger partial charge in [-0.05, 0) is 63.0 Å². The van der Waals surface area contributed by atoms with Crippen LogP contribution < -0.4 is 4.90 Å². The van der Waals surface area contributed by atoms with Gasteiger partial charge in [0.25, 0.3) is 0 Å². The lowest BCUT2D eigenvalue weighted by Crippen LogP contribution is -2.35. The molecular formula is C17H28N2O. The number of nitrogens with zero attached hydrogens (tertiary/aromatic N) is 2. The van der Waals surface area contributed by atoms with Gasteiger partial charge in [-0.25, -0.2) is 0 Å². The molecule has 1 N–H and O–H groups in total. The number of aliphatic hydroxyl groups is 1. The van der Waals surface area contributed by atoms with Gasteiger partial charge in [0.1, 0.15) is 0 Å². The van der Waals surface area contributed by atoms with Crippen molar-refractivity contribution in [2.75, 3.05) is 38.6 Å². The Balaban J connectivity index is 1.90. The second kappa shape index (κ2) is 7.09. The lowest BCUT2D eigenvalue weighted by Gasteiger charge is -2.32. The van der Waals surface area contributed by atoms with Crippen LogP contribution in [0.3, 0.4) is 0 Å². The molecule has 1 fully saturated rings. The maximum atomic E-state index is 9.83. The first-order chi connectivity index (χ1) is 9.60. The van der Waals surface area contributed by atoms with Crippen molar-refractivity contribution in [3.8, 4) is 0 Å². The van der Waals surface area contributed by atoms with Crippen LogP contribution in [0.1, 0.15) is 37.9 Å². The smallest absolute Gasteiger partial charge is 0.0787 e. The van der Waals surface area contributed by atoms with Crippen molar-refractivity contribution in [2.24, 2.45) is 5.92 Å². The van der Waals surface area contributed by atoms with Crippen molar-refractivity contribution in [3.05, 3.63) is 29.8 Å². The van der Waals surface area contributed by atoms with E-state index in [-0.39, 0.29) is 6.10 Å². The minimum Gasteiger partial charge on any atom is -0.388 e. The van der Waals surface area contributed by atoms with Gasteiger partial charge in [0.2, 0.25) is 0 Å². The Bertz CT molecular complexity index is 396. The van der Waals surface area contributed by atoms with Gasteiger partial charge in [-0.3, -0.25) is 0 Å². The largest absolute Gasteiger partial charge is 0.388 e. The van der Waals surface area contributed by atoms with Crippen LogP contribution in [0.2, 0.25) is 0 Å². The molecule has 1 aromatic carbocycles. The van der Waals surface area contributed by atoms with E-state index < -0.39 is 0 Å². The number of hydrogen-bond acceptors (Lipinski definition) is 3. The number of anilines is 1. The minimum absolute atomic E-state index is 0.330. The lowest BCUT2D eigenvalue weighted by molar-refractivity contribution is 0.173. The summed E-state index contributed by atoms with van der Waals surface area (Å²) >= 11 is 0. The van der Waals surface area contributed by atoms with Crippen molar-refractivity contribution in [2.45, 2.75) is 32.3 Å². The maximum Gasteiger partial charge on any atom is 0.0787 e. The molecule has 1 unspecified atom stereocenters. The van der Waals surface area contributed by atoms with Crippen LogP contribution in [0.15, 0.2) is 24.3 Å². The first kappa shape index (κ1) is 15.3. The van der Waals surface area contributed by atoms with Crippen LogP contribution in [0, 0.1) is 5.92 Å². The van der Waals surface area contributed by atoms with Gasteiger partial charge in [-0.1, -0.05) is 19.1 Å². The highest BCUT2D eigenvalue weighted by molar-refractivity contribution is 5.47. The molecule has 0 saturated carbocycles. The zero-order valence-corrected chi connectivity index (χ0v) is 13.0. The SMILES string of the molecule is CCC(O)c1ccc(N(C)CC2CCN(C)CC2)cc1. The van der Waals surface area contributed by atoms with Gasteiger partial charge in [0.05, 0.1) is 6.10 Å². The van der Waals surface area contributed by atoms with E-state index in [9.17, 15) is 5.11 Å². The number of aliphatic hydroxyl groups excluding tert-OH is 1. The number of likely N-dealkylation sites (tertiary alicyclic amines) is 1. The fraction of sp³-hybridized carbons (Fsp3) is 0.647. The fourth-order valence-electron chi connectivity index (χ4n) is 2.92. The molecule has 112 valence electrons. The summed E-state index contributed by atoms with van der Waals surface area (Å²) in [5.41, 5.74) is 2.26. The van der Waals surface area contributed by atoms with Crippen LogP contribution in [0.4, 0.5) is 5.69 Å². The third kappa shape index (κ3) is 3.97. The standard InChI is InChI=1S/C17H28N2O/c1-4-17(20)15-5-7-16(8-6-15)19(3)13-14-9-11-18(2)12-10-14/h5-8,14,17,20H,4,9-13H2,1-3H3. The highest BCUT2D eigenvalue weighted by atomic mass is 16.3. The number of benzene rings is 1. The van der Waals surface area contributed by atoms with Crippen molar-refractivity contribution >= 4 is 5.69 Å². The Kier molecular flexibility index (Phi) is 5.44. The first-order valence-electron chi connectivity index (χ1n) is 7.78. The fourth-order valence-corrected chi connectivity index (χ4v) is 2.92. The van der Waals surface area contributed by atoms with E-state index in [0.717, 1.165) is 24.4 Å². The van der Waals surface area contributed by atoms with E-state index in [2.05, 4.69) is 48.2 Å². The predicted molar refractivity (Wildman–Crippen MR) is 85.2 cm³/mol. The van der Waals surface area contributed by atoms with Gasteiger partial charge in [-0.15, -0.1) is 0 Å². The molecule has 2 rings (SSSR count). The third-order valence-electron chi connectivity index (χ3n) is 4.48. The zero-order valence-electron chi connectivity index (χ0n) is 13.0. The van der Waals surface area contributed by atoms with E-state index in [1.807, 2.05) is 6.92 Å². The molecule has 0 aromatic heterocycles. The van der Waals surface area contributed by atoms with Crippen molar-refractivity contribution in [1.29, 1.82) is 0 Å². The van der Waals surface area contributed by atoms with Gasteiger partial charge in [0, 0.05) is 19.3 Å². The molecule has 0 aliphatic carbocycles. The summed E-state index contributed by atoms with van der Waals surface area (Å²) in [5, 5.41) is 9.83. The average molecular weight is 276 g/mol. The summed E-state index contributed by atoms with van der Waals surface area (Å²) in [4.78, 5) is 4.76. The molecule has 0 bridgehead atoms. The first-order valence-corrected chi connectivity index (χ1v) is 7.78. The molecule has 0 spiro atoms. The number of piperidine rings is 1. The summed E-state index contributed by atoms with van der Waals surface area (Å²) in [7, 11) is 4.38. The molecule has 1 atom stereocenters. The molecule has 1 aliphatic heterocycles. The van der Waals surface area contributed by atoms with Crippen LogP contribution in [0.25, 0.3) is 0 Å². The molecular weight excluding hydrogens is 248 g/mol. The quantitative estimate of drug-likeness (QED) is 0.896. The number of hydrogen-bond donors (Lipinski definition) is 1. The second-order valence-electron chi connectivity index (χ2n) is 6.14. The Morgan fingerprint density at radius 2 is 1.85 bits per heavy atom. The molecule has 1 heterocycles. The number of rotatable bonds is 5. The molecule has 1 saturated heterocycles. The van der Waals surface area contributed by atoms with Gasteiger partial charge in [-0.2, -0.15) is 0 Å². The van der Waals surface area contributed by atoms with E-state index >= 15 is 0 Å². The molecule has 3 heteroatoms. The topological polar surface area (TPSA) is 26.7 Å². The van der Waals surface area contributed by atoms with Crippen molar-refractivity contribution < 1.29 is 5.11 Å². The lowest BCUT2D eigenvalue weighted by atomic mass is 9.96.